The first kappa shape index (κ1) is 31.3. The van der Waals surface area contributed by atoms with E-state index in [1.54, 1.807) is 34.6 Å². The van der Waals surface area contributed by atoms with Crippen LogP contribution in [0.1, 0.15) is 62.2 Å². The number of ether oxygens (including phenoxy) is 1. The van der Waals surface area contributed by atoms with Gasteiger partial charge in [0.1, 0.15) is 17.3 Å². The van der Waals surface area contributed by atoms with Crippen molar-refractivity contribution in [3.05, 3.63) is 87.8 Å². The van der Waals surface area contributed by atoms with E-state index in [2.05, 4.69) is 20.6 Å². The molecule has 2 aromatic heterocycles. The van der Waals surface area contributed by atoms with Crippen LogP contribution in [0.15, 0.2) is 63.8 Å². The van der Waals surface area contributed by atoms with Gasteiger partial charge in [0.25, 0.3) is 5.91 Å². The third kappa shape index (κ3) is 7.79. The summed E-state index contributed by atoms with van der Waals surface area (Å²) >= 11 is 0. The van der Waals surface area contributed by atoms with Gasteiger partial charge in [0.05, 0.1) is 22.4 Å². The summed E-state index contributed by atoms with van der Waals surface area (Å²) < 4.78 is 67.4. The van der Waals surface area contributed by atoms with Crippen LogP contribution in [0.3, 0.4) is 0 Å². The Labute approximate surface area is 243 Å². The van der Waals surface area contributed by atoms with Crippen LogP contribution < -0.4 is 16.4 Å². The molecule has 0 aliphatic heterocycles. The Hall–Kier alpha value is -4.68. The number of carbonyl (C=O) groups excluding carboxylic acids is 2. The van der Waals surface area contributed by atoms with Crippen LogP contribution in [0, 0.1) is 5.82 Å². The Morgan fingerprint density at radius 1 is 1.00 bits per heavy atom. The smallest absolute Gasteiger partial charge is 0.417 e. The minimum absolute atomic E-state index is 0.0208. The molecule has 1 atom stereocenters. The van der Waals surface area contributed by atoms with Crippen LogP contribution in [-0.2, 0) is 10.3 Å². The lowest BCUT2D eigenvalue weighted by Crippen LogP contribution is -2.44. The van der Waals surface area contributed by atoms with Crippen LogP contribution in [0.5, 0.6) is 0 Å². The van der Waals surface area contributed by atoms with E-state index in [4.69, 9.17) is 9.15 Å². The second-order valence-corrected chi connectivity index (χ2v) is 11.5. The molecular formula is C30H30F4N4O5. The zero-order valence-corrected chi connectivity index (χ0v) is 24.0. The lowest BCUT2D eigenvalue weighted by atomic mass is 9.90. The molecule has 13 heteroatoms. The number of pyridine rings is 1. The van der Waals surface area contributed by atoms with Crippen molar-refractivity contribution in [3.8, 4) is 11.3 Å². The topological polar surface area (TPSA) is 126 Å². The SMILES string of the molecule is CC(C)(C)OC(=O)NC(C)(C)c1cc(-c2ccc(F)cc2)nc(C(CNC(=O)c2ccc3[nH]c(=O)oc3c2)C(F)(F)F)c1. The van der Waals surface area contributed by atoms with Crippen molar-refractivity contribution in [2.45, 2.75) is 57.9 Å². The lowest BCUT2D eigenvalue weighted by molar-refractivity contribution is -0.149. The van der Waals surface area contributed by atoms with Crippen molar-refractivity contribution >= 4 is 23.1 Å². The molecule has 0 radical (unpaired) electrons. The predicted octanol–water partition coefficient (Wildman–Crippen LogP) is 6.16. The normalized spacial score (nSPS) is 13.0. The van der Waals surface area contributed by atoms with E-state index in [9.17, 15) is 31.9 Å². The van der Waals surface area contributed by atoms with Crippen molar-refractivity contribution in [1.82, 2.24) is 20.6 Å². The number of H-pyrrole nitrogens is 1. The van der Waals surface area contributed by atoms with Crippen molar-refractivity contribution < 1.29 is 36.3 Å². The Kier molecular flexibility index (Phi) is 8.39. The molecule has 0 aliphatic carbocycles. The second-order valence-electron chi connectivity index (χ2n) is 11.5. The average Bonchev–Trinajstić information content (AvgIpc) is 3.26. The summed E-state index contributed by atoms with van der Waals surface area (Å²) in [6.07, 6.45) is -5.63. The highest BCUT2D eigenvalue weighted by Gasteiger charge is 2.43. The Bertz CT molecular complexity index is 1700. The summed E-state index contributed by atoms with van der Waals surface area (Å²) in [5.74, 6) is -4.37. The monoisotopic (exact) mass is 602 g/mol. The maximum Gasteiger partial charge on any atom is 0.417 e. The molecule has 9 nitrogen and oxygen atoms in total. The molecule has 0 fully saturated rings. The molecule has 0 saturated carbocycles. The summed E-state index contributed by atoms with van der Waals surface area (Å²) in [4.78, 5) is 43.5. The molecule has 0 spiro atoms. The van der Waals surface area contributed by atoms with E-state index in [-0.39, 0.29) is 22.4 Å². The number of nitrogens with zero attached hydrogens (tertiary/aromatic N) is 1. The van der Waals surface area contributed by atoms with Crippen LogP contribution >= 0.6 is 0 Å². The van der Waals surface area contributed by atoms with Crippen LogP contribution in [0.25, 0.3) is 22.4 Å². The summed E-state index contributed by atoms with van der Waals surface area (Å²) in [7, 11) is 0. The van der Waals surface area contributed by atoms with Gasteiger partial charge in [-0.25, -0.2) is 14.0 Å². The molecule has 0 saturated heterocycles. The molecule has 1 unspecified atom stereocenters. The standard InChI is InChI=1S/C30H30F4N4O5/c1-28(2,3)43-27(41)38-29(4,5)18-13-22(16-6-9-19(31)10-7-16)36-23(14-18)20(30(32,33)34)15-35-25(39)17-8-11-21-24(12-17)42-26(40)37-21/h6-14,20H,15H2,1-5H3,(H,35,39)(H,37,40)(H,38,41). The molecule has 0 aliphatic rings. The highest BCUT2D eigenvalue weighted by Crippen LogP contribution is 2.37. The fraction of sp³-hybridized carbons (Fsp3) is 0.333. The van der Waals surface area contributed by atoms with Crippen molar-refractivity contribution in [2.75, 3.05) is 6.54 Å². The predicted molar refractivity (Wildman–Crippen MR) is 150 cm³/mol. The van der Waals surface area contributed by atoms with Gasteiger partial charge in [0.15, 0.2) is 5.58 Å². The fourth-order valence-electron chi connectivity index (χ4n) is 4.26. The Morgan fingerprint density at radius 3 is 2.30 bits per heavy atom. The summed E-state index contributed by atoms with van der Waals surface area (Å²) in [5.41, 5.74) is -1.41. The molecule has 0 bridgehead atoms. The zero-order valence-electron chi connectivity index (χ0n) is 24.0. The number of rotatable bonds is 7. The summed E-state index contributed by atoms with van der Waals surface area (Å²) in [6.45, 7) is 7.31. The van der Waals surface area contributed by atoms with E-state index >= 15 is 0 Å². The third-order valence-electron chi connectivity index (χ3n) is 6.42. The van der Waals surface area contributed by atoms with Gasteiger partial charge in [-0.05, 0) is 94.8 Å². The maximum absolute atomic E-state index is 14.5. The summed E-state index contributed by atoms with van der Waals surface area (Å²) in [5, 5.41) is 4.97. The molecule has 2 heterocycles. The van der Waals surface area contributed by atoms with Crippen LogP contribution in [0.2, 0.25) is 0 Å². The number of benzene rings is 2. The fourth-order valence-corrected chi connectivity index (χ4v) is 4.26. The number of fused-ring (bicyclic) bond motifs is 1. The number of oxazole rings is 1. The molecule has 228 valence electrons. The van der Waals surface area contributed by atoms with E-state index in [1.807, 2.05) is 0 Å². The highest BCUT2D eigenvalue weighted by atomic mass is 19.4. The second kappa shape index (κ2) is 11.5. The summed E-state index contributed by atoms with van der Waals surface area (Å²) in [6, 6.07) is 11.7. The molecule has 4 aromatic rings. The number of aromatic amines is 1. The molecule has 43 heavy (non-hydrogen) atoms. The molecule has 2 aromatic carbocycles. The number of amides is 2. The van der Waals surface area contributed by atoms with Crippen LogP contribution in [0.4, 0.5) is 22.4 Å². The van der Waals surface area contributed by atoms with Gasteiger partial charge in [-0.2, -0.15) is 13.2 Å². The number of alkyl carbamates (subject to hydrolysis) is 1. The Balaban J connectivity index is 1.71. The number of aromatic nitrogens is 2. The van der Waals surface area contributed by atoms with Gasteiger partial charge in [-0.15, -0.1) is 0 Å². The molecular weight excluding hydrogens is 572 g/mol. The Morgan fingerprint density at radius 2 is 1.67 bits per heavy atom. The number of hydrogen-bond donors (Lipinski definition) is 3. The van der Waals surface area contributed by atoms with Crippen LogP contribution in [-0.4, -0.2) is 40.3 Å². The molecule has 3 N–H and O–H groups in total. The molecule has 2 amide bonds. The highest BCUT2D eigenvalue weighted by molar-refractivity contribution is 5.97. The first-order chi connectivity index (χ1) is 19.9. The minimum atomic E-state index is -4.85. The third-order valence-corrected chi connectivity index (χ3v) is 6.42. The van der Waals surface area contributed by atoms with Gasteiger partial charge in [0.2, 0.25) is 0 Å². The first-order valence-electron chi connectivity index (χ1n) is 13.2. The molecule has 4 rings (SSSR count). The number of carbonyl (C=O) groups is 2. The van der Waals surface area contributed by atoms with Gasteiger partial charge < -0.3 is 19.8 Å². The quantitative estimate of drug-likeness (QED) is 0.218. The number of nitrogens with one attached hydrogen (secondary N) is 3. The first-order valence-corrected chi connectivity index (χ1v) is 13.2. The number of halogens is 4. The van der Waals surface area contributed by atoms with Crippen molar-refractivity contribution in [3.63, 3.8) is 0 Å². The van der Waals surface area contributed by atoms with E-state index < -0.39 is 59.0 Å². The lowest BCUT2D eigenvalue weighted by Gasteiger charge is -2.30. The largest absolute Gasteiger partial charge is 0.444 e. The minimum Gasteiger partial charge on any atom is -0.444 e. The van der Waals surface area contributed by atoms with Crippen molar-refractivity contribution in [1.29, 1.82) is 0 Å². The van der Waals surface area contributed by atoms with Gasteiger partial charge in [0, 0.05) is 17.7 Å². The maximum atomic E-state index is 14.5. The van der Waals surface area contributed by atoms with Gasteiger partial charge >= 0.3 is 18.0 Å². The van der Waals surface area contributed by atoms with Gasteiger partial charge in [-0.1, -0.05) is 0 Å². The number of hydrogen-bond acceptors (Lipinski definition) is 6. The van der Waals surface area contributed by atoms with E-state index in [0.29, 0.717) is 11.1 Å². The average molecular weight is 603 g/mol. The van der Waals surface area contributed by atoms with E-state index in [1.165, 1.54) is 42.5 Å². The van der Waals surface area contributed by atoms with Gasteiger partial charge in [-0.3, -0.25) is 14.8 Å². The van der Waals surface area contributed by atoms with E-state index in [0.717, 1.165) is 12.1 Å². The van der Waals surface area contributed by atoms with Crippen molar-refractivity contribution in [2.24, 2.45) is 0 Å². The number of alkyl halides is 3. The zero-order chi connectivity index (χ0) is 31.7.